The summed E-state index contributed by atoms with van der Waals surface area (Å²) in [6.07, 6.45) is 9.87. The number of benzene rings is 5. The largest absolute Gasteiger partial charge is 0.103 e. The molecule has 226 valence electrons. The number of allylic oxidation sites excluding steroid dienone is 1. The quantitative estimate of drug-likeness (QED) is 0.0978. The molecule has 2 atom stereocenters. The van der Waals surface area contributed by atoms with E-state index in [1.54, 1.807) is 0 Å². The summed E-state index contributed by atoms with van der Waals surface area (Å²) in [4.78, 5) is 0. The van der Waals surface area contributed by atoms with Crippen LogP contribution >= 0.6 is 31.9 Å². The van der Waals surface area contributed by atoms with E-state index in [-0.39, 0.29) is 5.41 Å². The van der Waals surface area contributed by atoms with E-state index in [2.05, 4.69) is 168 Å². The molecule has 0 aliphatic heterocycles. The molecule has 2 aliphatic carbocycles. The van der Waals surface area contributed by atoms with Crippen molar-refractivity contribution in [3.8, 4) is 22.3 Å². The molecular formula is C43H40Br2. The Kier molecular flexibility index (Phi) is 8.25. The fraction of sp³-hybridized carbons (Fsp3) is 0.256. The molecule has 0 saturated carbocycles. The third-order valence-corrected chi connectivity index (χ3v) is 11.8. The van der Waals surface area contributed by atoms with Gasteiger partial charge in [0.25, 0.3) is 0 Å². The highest BCUT2D eigenvalue weighted by Gasteiger charge is 2.50. The first-order valence-electron chi connectivity index (χ1n) is 16.5. The molecule has 2 heteroatoms. The molecule has 2 unspecified atom stereocenters. The normalized spacial score (nSPS) is 17.7. The lowest BCUT2D eigenvalue weighted by molar-refractivity contribution is 0.383. The average molecular weight is 717 g/mol. The minimum atomic E-state index is -0.437. The van der Waals surface area contributed by atoms with E-state index in [0.717, 1.165) is 15.4 Å². The molecule has 0 spiro atoms. The van der Waals surface area contributed by atoms with Crippen molar-refractivity contribution < 1.29 is 0 Å². The van der Waals surface area contributed by atoms with Crippen LogP contribution in [0.2, 0.25) is 0 Å². The van der Waals surface area contributed by atoms with Gasteiger partial charge < -0.3 is 0 Å². The number of hydrogen-bond donors (Lipinski definition) is 0. The van der Waals surface area contributed by atoms with Gasteiger partial charge in [0.05, 0.1) is 5.41 Å². The second-order valence-electron chi connectivity index (χ2n) is 13.0. The predicted molar refractivity (Wildman–Crippen MR) is 198 cm³/mol. The van der Waals surface area contributed by atoms with Crippen molar-refractivity contribution in [3.63, 3.8) is 0 Å². The standard InChI is InChI=1S/C43H40Br2/c1-4-6-7-8-9-14-29(5-2)42(3)38-17-12-10-15-34(38)36-28-41-37(27-40(36)42)35-16-11-13-18-39(35)43(41,30-19-23-32(44)24-20-30)31-21-25-33(45)26-22-31/h5,10-13,15-29H,2,4,6-9,14H2,1,3H3. The highest BCUT2D eigenvalue weighted by molar-refractivity contribution is 9.10. The molecule has 0 bridgehead atoms. The van der Waals surface area contributed by atoms with Crippen LogP contribution < -0.4 is 0 Å². The summed E-state index contributed by atoms with van der Waals surface area (Å²) >= 11 is 7.42. The second-order valence-corrected chi connectivity index (χ2v) is 14.9. The van der Waals surface area contributed by atoms with E-state index < -0.39 is 5.41 Å². The lowest BCUT2D eigenvalue weighted by Gasteiger charge is -2.36. The number of rotatable bonds is 10. The number of fused-ring (bicyclic) bond motifs is 6. The minimum Gasteiger partial charge on any atom is -0.103 e. The summed E-state index contributed by atoms with van der Waals surface area (Å²) in [6.45, 7) is 9.21. The maximum Gasteiger partial charge on any atom is 0.0713 e. The van der Waals surface area contributed by atoms with Gasteiger partial charge in [0, 0.05) is 14.4 Å². The highest BCUT2D eigenvalue weighted by atomic mass is 79.9. The van der Waals surface area contributed by atoms with Crippen LogP contribution in [0.25, 0.3) is 22.3 Å². The molecule has 0 N–H and O–H groups in total. The van der Waals surface area contributed by atoms with Gasteiger partial charge in [-0.3, -0.25) is 0 Å². The van der Waals surface area contributed by atoms with E-state index in [4.69, 9.17) is 0 Å². The maximum atomic E-state index is 4.43. The molecule has 0 amide bonds. The topological polar surface area (TPSA) is 0 Å². The number of unbranched alkanes of at least 4 members (excludes halogenated alkanes) is 4. The second kappa shape index (κ2) is 12.2. The van der Waals surface area contributed by atoms with Crippen molar-refractivity contribution in [1.82, 2.24) is 0 Å². The molecule has 45 heavy (non-hydrogen) atoms. The zero-order valence-corrected chi connectivity index (χ0v) is 29.4. The molecule has 0 aromatic heterocycles. The summed E-state index contributed by atoms with van der Waals surface area (Å²) in [6, 6.07) is 41.3. The molecule has 2 aliphatic rings. The van der Waals surface area contributed by atoms with Crippen LogP contribution in [0.15, 0.2) is 131 Å². The van der Waals surface area contributed by atoms with E-state index in [1.165, 1.54) is 87.7 Å². The average Bonchev–Trinajstić information content (AvgIpc) is 3.50. The molecule has 7 rings (SSSR count). The third-order valence-electron chi connectivity index (χ3n) is 10.7. The van der Waals surface area contributed by atoms with E-state index >= 15 is 0 Å². The maximum absolute atomic E-state index is 4.43. The summed E-state index contributed by atoms with van der Waals surface area (Å²) in [5.74, 6) is 0.360. The highest BCUT2D eigenvalue weighted by Crippen LogP contribution is 2.61. The zero-order valence-electron chi connectivity index (χ0n) is 26.3. The first kappa shape index (κ1) is 30.5. The predicted octanol–water partition coefficient (Wildman–Crippen LogP) is 13.0. The Morgan fingerprint density at radius 3 is 1.71 bits per heavy atom. The Balaban J connectivity index is 1.49. The molecule has 0 heterocycles. The summed E-state index contributed by atoms with van der Waals surface area (Å²) < 4.78 is 2.18. The van der Waals surface area contributed by atoms with Gasteiger partial charge in [-0.15, -0.1) is 6.58 Å². The van der Waals surface area contributed by atoms with Crippen molar-refractivity contribution in [2.45, 2.75) is 63.2 Å². The van der Waals surface area contributed by atoms with Gasteiger partial charge in [-0.05, 0) is 104 Å². The van der Waals surface area contributed by atoms with E-state index in [0.29, 0.717) is 5.92 Å². The van der Waals surface area contributed by atoms with Gasteiger partial charge in [-0.25, -0.2) is 0 Å². The first-order valence-corrected chi connectivity index (χ1v) is 18.1. The Labute approximate surface area is 285 Å². The summed E-state index contributed by atoms with van der Waals surface area (Å²) in [5.41, 5.74) is 13.0. The monoisotopic (exact) mass is 714 g/mol. The summed E-state index contributed by atoms with van der Waals surface area (Å²) in [5, 5.41) is 0. The fourth-order valence-electron chi connectivity index (χ4n) is 8.49. The Hall–Kier alpha value is -3.20. The lowest BCUT2D eigenvalue weighted by Crippen LogP contribution is -2.31. The smallest absolute Gasteiger partial charge is 0.0713 e. The van der Waals surface area contributed by atoms with Crippen molar-refractivity contribution in [2.24, 2.45) is 5.92 Å². The molecule has 0 fully saturated rings. The number of halogens is 2. The van der Waals surface area contributed by atoms with Gasteiger partial charge >= 0.3 is 0 Å². The van der Waals surface area contributed by atoms with Gasteiger partial charge in [0.2, 0.25) is 0 Å². The van der Waals surface area contributed by atoms with Crippen LogP contribution in [0.1, 0.15) is 85.8 Å². The molecule has 0 nitrogen and oxygen atoms in total. The van der Waals surface area contributed by atoms with Crippen molar-refractivity contribution in [1.29, 1.82) is 0 Å². The minimum absolute atomic E-state index is 0.136. The first-order chi connectivity index (χ1) is 21.9. The molecule has 0 saturated heterocycles. The van der Waals surface area contributed by atoms with Gasteiger partial charge in [0.1, 0.15) is 0 Å². The van der Waals surface area contributed by atoms with Crippen LogP contribution in [-0.4, -0.2) is 0 Å². The van der Waals surface area contributed by atoms with Crippen molar-refractivity contribution >= 4 is 31.9 Å². The van der Waals surface area contributed by atoms with E-state index in [9.17, 15) is 0 Å². The molecule has 0 radical (unpaired) electrons. The van der Waals surface area contributed by atoms with Crippen LogP contribution in [0.4, 0.5) is 0 Å². The molecule has 5 aromatic carbocycles. The zero-order chi connectivity index (χ0) is 31.2. The van der Waals surface area contributed by atoms with E-state index in [1.807, 2.05) is 0 Å². The lowest BCUT2D eigenvalue weighted by atomic mass is 9.66. The van der Waals surface area contributed by atoms with Crippen LogP contribution in [-0.2, 0) is 10.8 Å². The van der Waals surface area contributed by atoms with Crippen LogP contribution in [0.5, 0.6) is 0 Å². The Bertz CT molecular complexity index is 1820. The van der Waals surface area contributed by atoms with Gasteiger partial charge in [0.15, 0.2) is 0 Å². The van der Waals surface area contributed by atoms with Crippen molar-refractivity contribution in [3.05, 3.63) is 164 Å². The molecular weight excluding hydrogens is 676 g/mol. The SMILES string of the molecule is C=CC(CCCCCCC)C1(C)c2ccccc2-c2cc3c(cc21)-c1ccccc1C3(c1ccc(Br)cc1)c1ccc(Br)cc1. The fourth-order valence-corrected chi connectivity index (χ4v) is 9.02. The van der Waals surface area contributed by atoms with Crippen molar-refractivity contribution in [2.75, 3.05) is 0 Å². The van der Waals surface area contributed by atoms with Gasteiger partial charge in [-0.1, -0.05) is 157 Å². The third kappa shape index (κ3) is 4.74. The van der Waals surface area contributed by atoms with Crippen LogP contribution in [0, 0.1) is 5.92 Å². The molecule has 5 aromatic rings. The Morgan fingerprint density at radius 1 is 0.600 bits per heavy atom. The number of hydrogen-bond acceptors (Lipinski definition) is 0. The van der Waals surface area contributed by atoms with Crippen LogP contribution in [0.3, 0.4) is 0 Å². The summed E-state index contributed by atoms with van der Waals surface area (Å²) in [7, 11) is 0. The van der Waals surface area contributed by atoms with Gasteiger partial charge in [-0.2, -0.15) is 0 Å². The Morgan fingerprint density at radius 2 is 1.11 bits per heavy atom.